The van der Waals surface area contributed by atoms with Crippen LogP contribution in [-0.2, 0) is 23.1 Å². The Labute approximate surface area is 155 Å². The largest absolute Gasteiger partial charge is 0.286 e. The topological polar surface area (TPSA) is 58.2 Å². The van der Waals surface area contributed by atoms with Gasteiger partial charge in [-0.05, 0) is 12.8 Å². The number of nitrogens with zero attached hydrogens (tertiary/aromatic N) is 1. The fraction of sp³-hybridized carbons (Fsp3) is 0.750. The number of hydrogen-bond acceptors (Lipinski definition) is 2. The minimum Gasteiger partial charge on any atom is -0.286 e. The smallest absolute Gasteiger partial charge is 0.261 e. The fourth-order valence-electron chi connectivity index (χ4n) is 2.81. The zero-order chi connectivity index (χ0) is 19.0. The Morgan fingerprint density at radius 2 is 1.40 bits per heavy atom. The first kappa shape index (κ1) is 24.1. The second kappa shape index (κ2) is 15.3. The first-order valence-corrected chi connectivity index (χ1v) is 11.6. The van der Waals surface area contributed by atoms with Crippen LogP contribution in [-0.4, -0.2) is 19.2 Å². The summed E-state index contributed by atoms with van der Waals surface area (Å²) in [6.45, 7) is 5.75. The summed E-state index contributed by atoms with van der Waals surface area (Å²) in [4.78, 5) is 0. The third-order valence-corrected chi connectivity index (χ3v) is 4.04. The van der Waals surface area contributed by atoms with Crippen molar-refractivity contribution in [2.75, 3.05) is 6.26 Å². The number of aromatic nitrogens is 1. The summed E-state index contributed by atoms with van der Waals surface area (Å²) in [5, 5.41) is 0. The third kappa shape index (κ3) is 17.7. The predicted molar refractivity (Wildman–Crippen MR) is 105 cm³/mol. The molecule has 0 radical (unpaired) electrons. The molecule has 146 valence electrons. The summed E-state index contributed by atoms with van der Waals surface area (Å²) in [7, 11) is -3.67. The molecule has 0 bridgehead atoms. The lowest BCUT2D eigenvalue weighted by atomic mass is 10.1. The van der Waals surface area contributed by atoms with E-state index < -0.39 is 10.1 Å². The summed E-state index contributed by atoms with van der Waals surface area (Å²) in [6.07, 6.45) is 18.1. The van der Waals surface area contributed by atoms with Gasteiger partial charge in [0.15, 0.2) is 11.9 Å². The fourth-order valence-corrected chi connectivity index (χ4v) is 2.81. The highest BCUT2D eigenvalue weighted by atomic mass is 32.2. The number of unbranched alkanes of at least 4 members (excludes halogenated alkanes) is 8. The van der Waals surface area contributed by atoms with E-state index in [2.05, 4.69) is 42.8 Å². The van der Waals surface area contributed by atoms with Crippen LogP contribution in [0.1, 0.15) is 83.7 Å². The highest BCUT2D eigenvalue weighted by molar-refractivity contribution is 7.85. The molecule has 1 heterocycles. The van der Waals surface area contributed by atoms with Gasteiger partial charge in [-0.3, -0.25) is 4.55 Å². The van der Waals surface area contributed by atoms with Gasteiger partial charge in [0.2, 0.25) is 0 Å². The molecule has 0 fully saturated rings. The van der Waals surface area contributed by atoms with Crippen LogP contribution in [0.3, 0.4) is 0 Å². The van der Waals surface area contributed by atoms with Crippen molar-refractivity contribution in [1.82, 2.24) is 0 Å². The van der Waals surface area contributed by atoms with E-state index in [9.17, 15) is 8.42 Å². The van der Waals surface area contributed by atoms with Gasteiger partial charge in [0.25, 0.3) is 10.1 Å². The molecule has 25 heavy (non-hydrogen) atoms. The molecular weight excluding hydrogens is 334 g/mol. The maximum absolute atomic E-state index is 9.19. The van der Waals surface area contributed by atoms with Crippen LogP contribution in [0.25, 0.3) is 0 Å². The molecule has 4 nitrogen and oxygen atoms in total. The summed E-state index contributed by atoms with van der Waals surface area (Å²) >= 11 is 0. The zero-order valence-electron chi connectivity index (χ0n) is 16.4. The van der Waals surface area contributed by atoms with E-state index >= 15 is 0 Å². The molecule has 5 heteroatoms. The molecule has 0 aliphatic heterocycles. The second-order valence-electron chi connectivity index (χ2n) is 6.70. The summed E-state index contributed by atoms with van der Waals surface area (Å²) in [6, 6.07) is 6.60. The lowest BCUT2D eigenvalue weighted by Gasteiger charge is -2.03. The minimum absolute atomic E-state index is 0.715. The maximum atomic E-state index is 9.19. The van der Waals surface area contributed by atoms with Crippen molar-refractivity contribution in [3.05, 3.63) is 30.1 Å². The van der Waals surface area contributed by atoms with E-state index in [0.29, 0.717) is 6.26 Å². The Balaban J connectivity index is 0.00000101. The molecule has 0 saturated carbocycles. The first-order chi connectivity index (χ1) is 11.9. The van der Waals surface area contributed by atoms with Crippen LogP contribution in [0.5, 0.6) is 0 Å². The molecule has 0 aliphatic rings. The molecule has 0 aromatic carbocycles. The summed E-state index contributed by atoms with van der Waals surface area (Å²) < 4.78 is 28.3. The SMILES string of the molecule is CCCCCCCCCCC[n+]1ccccc1CCC.CS(=O)(=O)O. The summed E-state index contributed by atoms with van der Waals surface area (Å²) in [5.41, 5.74) is 1.49. The first-order valence-electron chi connectivity index (χ1n) is 9.78. The Kier molecular flexibility index (Phi) is 14.7. The van der Waals surface area contributed by atoms with Crippen LogP contribution >= 0.6 is 0 Å². The normalized spacial score (nSPS) is 11.0. The standard InChI is InChI=1S/C19H34N.CH4O3S/c1-3-5-6-7-8-9-10-11-13-17-20-18-14-12-16-19(20)15-4-2;1-5(2,3)4/h12,14,16,18H,3-11,13,15,17H2,1-2H3;1H3,(H,2,3,4)/q+1;. The average Bonchev–Trinajstić information content (AvgIpc) is 2.53. The molecular formula is C20H38NO3S+. The zero-order valence-corrected chi connectivity index (χ0v) is 17.2. The lowest BCUT2D eigenvalue weighted by molar-refractivity contribution is -0.704. The van der Waals surface area contributed by atoms with Crippen molar-refractivity contribution in [3.63, 3.8) is 0 Å². The van der Waals surface area contributed by atoms with Gasteiger partial charge in [-0.25, -0.2) is 4.57 Å². The van der Waals surface area contributed by atoms with E-state index in [4.69, 9.17) is 4.55 Å². The van der Waals surface area contributed by atoms with Crippen molar-refractivity contribution in [1.29, 1.82) is 0 Å². The summed E-state index contributed by atoms with van der Waals surface area (Å²) in [5.74, 6) is 0. The molecule has 0 amide bonds. The van der Waals surface area contributed by atoms with Crippen molar-refractivity contribution < 1.29 is 17.5 Å². The van der Waals surface area contributed by atoms with Gasteiger partial charge >= 0.3 is 0 Å². The molecule has 1 N–H and O–H groups in total. The van der Waals surface area contributed by atoms with E-state index in [0.717, 1.165) is 0 Å². The van der Waals surface area contributed by atoms with Gasteiger partial charge in [-0.15, -0.1) is 0 Å². The number of rotatable bonds is 12. The number of hydrogen-bond donors (Lipinski definition) is 1. The molecule has 0 unspecified atom stereocenters. The van der Waals surface area contributed by atoms with Crippen molar-refractivity contribution >= 4 is 10.1 Å². The van der Waals surface area contributed by atoms with Gasteiger partial charge in [0.1, 0.15) is 6.54 Å². The van der Waals surface area contributed by atoms with Crippen molar-refractivity contribution in [2.24, 2.45) is 0 Å². The molecule has 1 aromatic heterocycles. The van der Waals surface area contributed by atoms with Crippen molar-refractivity contribution in [2.45, 2.75) is 91.0 Å². The quantitative estimate of drug-likeness (QED) is 0.320. The molecule has 0 atom stereocenters. The Bertz CT molecular complexity index is 521. The molecule has 0 saturated heterocycles. The molecule has 0 aliphatic carbocycles. The monoisotopic (exact) mass is 372 g/mol. The van der Waals surface area contributed by atoms with Crippen LogP contribution in [0.15, 0.2) is 24.4 Å². The highest BCUT2D eigenvalue weighted by Crippen LogP contribution is 2.09. The number of aryl methyl sites for hydroxylation is 2. The Morgan fingerprint density at radius 1 is 0.880 bits per heavy atom. The second-order valence-corrected chi connectivity index (χ2v) is 8.16. The van der Waals surface area contributed by atoms with E-state index in [1.54, 1.807) is 0 Å². The average molecular weight is 373 g/mol. The maximum Gasteiger partial charge on any atom is 0.261 e. The predicted octanol–water partition coefficient (Wildman–Crippen LogP) is 4.96. The molecule has 0 spiro atoms. The highest BCUT2D eigenvalue weighted by Gasteiger charge is 2.07. The van der Waals surface area contributed by atoms with Crippen LogP contribution in [0.2, 0.25) is 0 Å². The van der Waals surface area contributed by atoms with Crippen molar-refractivity contribution in [3.8, 4) is 0 Å². The Morgan fingerprint density at radius 3 is 1.92 bits per heavy atom. The van der Waals surface area contributed by atoms with Gasteiger partial charge < -0.3 is 0 Å². The van der Waals surface area contributed by atoms with Crippen LogP contribution < -0.4 is 4.57 Å². The lowest BCUT2D eigenvalue weighted by Crippen LogP contribution is -2.37. The van der Waals surface area contributed by atoms with Gasteiger partial charge in [0, 0.05) is 25.0 Å². The molecule has 1 rings (SSSR count). The van der Waals surface area contributed by atoms with Gasteiger partial charge in [-0.2, -0.15) is 8.42 Å². The van der Waals surface area contributed by atoms with Crippen LogP contribution in [0, 0.1) is 0 Å². The third-order valence-electron chi connectivity index (χ3n) is 4.04. The molecule has 1 aromatic rings. The Hall–Kier alpha value is -0.940. The number of pyridine rings is 1. The van der Waals surface area contributed by atoms with Gasteiger partial charge in [0.05, 0.1) is 6.26 Å². The van der Waals surface area contributed by atoms with E-state index in [-0.39, 0.29) is 0 Å². The van der Waals surface area contributed by atoms with Crippen LogP contribution in [0.4, 0.5) is 0 Å². The minimum atomic E-state index is -3.67. The van der Waals surface area contributed by atoms with E-state index in [1.165, 1.54) is 82.9 Å². The van der Waals surface area contributed by atoms with Gasteiger partial charge in [-0.1, -0.05) is 64.9 Å². The van der Waals surface area contributed by atoms with E-state index in [1.807, 2.05) is 0 Å².